The first kappa shape index (κ1) is 23.9. The molecule has 0 bridgehead atoms. The Morgan fingerprint density at radius 1 is 1.06 bits per heavy atom. The summed E-state index contributed by atoms with van der Waals surface area (Å²) in [4.78, 5) is 12.9. The predicted octanol–water partition coefficient (Wildman–Crippen LogP) is 7.12. The van der Waals surface area contributed by atoms with E-state index in [1.807, 2.05) is 30.3 Å². The van der Waals surface area contributed by atoms with E-state index in [2.05, 4.69) is 40.7 Å². The molecule has 3 nitrogen and oxygen atoms in total. The van der Waals surface area contributed by atoms with Crippen molar-refractivity contribution in [1.29, 1.82) is 0 Å². The maximum absolute atomic E-state index is 12.9. The Morgan fingerprint density at radius 3 is 2.50 bits per heavy atom. The van der Waals surface area contributed by atoms with Crippen LogP contribution < -0.4 is 0 Å². The summed E-state index contributed by atoms with van der Waals surface area (Å²) in [5, 5.41) is 9.87. The summed E-state index contributed by atoms with van der Waals surface area (Å²) in [7, 11) is 0. The molecule has 1 aromatic carbocycles. The number of ether oxygens (including phenoxy) is 1. The quantitative estimate of drug-likeness (QED) is 0.485. The second-order valence-electron chi connectivity index (χ2n) is 12.6. The zero-order chi connectivity index (χ0) is 24.3. The van der Waals surface area contributed by atoms with E-state index in [0.717, 1.165) is 32.1 Å². The van der Waals surface area contributed by atoms with Crippen LogP contribution in [0.5, 0.6) is 0 Å². The molecule has 0 aliphatic heterocycles. The average Bonchev–Trinajstić information content (AvgIpc) is 3.18. The predicted molar refractivity (Wildman–Crippen MR) is 136 cm³/mol. The number of allylic oxidation sites excluding steroid dienone is 4. The number of carbonyl (C=O) groups excluding carboxylic acids is 1. The summed E-state index contributed by atoms with van der Waals surface area (Å²) in [5.41, 5.74) is 5.93. The summed E-state index contributed by atoms with van der Waals surface area (Å²) in [5.74, 6) is 1.23. The molecule has 1 N–H and O–H groups in total. The molecule has 4 aliphatic rings. The molecule has 5 rings (SSSR count). The number of hydrogen-bond acceptors (Lipinski definition) is 3. The van der Waals surface area contributed by atoms with Crippen molar-refractivity contribution in [2.24, 2.45) is 34.0 Å². The molecule has 2 unspecified atom stereocenters. The minimum absolute atomic E-state index is 0.0465. The van der Waals surface area contributed by atoms with E-state index in [-0.39, 0.29) is 34.9 Å². The first-order valence-corrected chi connectivity index (χ1v) is 13.4. The van der Waals surface area contributed by atoms with Gasteiger partial charge in [0.05, 0.1) is 5.56 Å². The molecule has 0 amide bonds. The second-order valence-corrected chi connectivity index (χ2v) is 12.6. The monoisotopic (exact) mass is 462 g/mol. The lowest BCUT2D eigenvalue weighted by atomic mass is 9.46. The number of esters is 1. The molecule has 0 radical (unpaired) electrons. The molecule has 0 aromatic heterocycles. The van der Waals surface area contributed by atoms with Crippen LogP contribution in [0, 0.1) is 34.0 Å². The number of aliphatic hydroxyl groups is 1. The summed E-state index contributed by atoms with van der Waals surface area (Å²) in [6.45, 7) is 12.1. The van der Waals surface area contributed by atoms with Gasteiger partial charge in [0.1, 0.15) is 6.10 Å². The summed E-state index contributed by atoms with van der Waals surface area (Å²) < 4.78 is 6.17. The molecule has 1 aromatic rings. The van der Waals surface area contributed by atoms with E-state index in [4.69, 9.17) is 4.74 Å². The van der Waals surface area contributed by atoms with Crippen molar-refractivity contribution < 1.29 is 14.6 Å². The molecule has 0 heterocycles. The lowest BCUT2D eigenvalue weighted by molar-refractivity contribution is -0.0993. The van der Waals surface area contributed by atoms with Crippen LogP contribution in [-0.4, -0.2) is 23.8 Å². The molecule has 1 fully saturated rings. The smallest absolute Gasteiger partial charge is 0.338 e. The summed E-state index contributed by atoms with van der Waals surface area (Å²) in [6, 6.07) is 9.42. The van der Waals surface area contributed by atoms with Crippen LogP contribution in [0.1, 0.15) is 89.9 Å². The lowest BCUT2D eigenvalue weighted by Gasteiger charge is -2.59. The number of fused-ring (bicyclic) bond motifs is 4. The molecule has 1 saturated carbocycles. The largest absolute Gasteiger partial charge is 0.458 e. The minimum atomic E-state index is -0.188. The van der Waals surface area contributed by atoms with Crippen LogP contribution in [0.4, 0.5) is 0 Å². The van der Waals surface area contributed by atoms with Gasteiger partial charge in [-0.2, -0.15) is 0 Å². The van der Waals surface area contributed by atoms with Crippen molar-refractivity contribution in [3.05, 3.63) is 58.7 Å². The third kappa shape index (κ3) is 3.45. The first-order valence-electron chi connectivity index (χ1n) is 13.4. The number of aliphatic hydroxyl groups excluding tert-OH is 1. The fourth-order valence-electron chi connectivity index (χ4n) is 8.67. The van der Waals surface area contributed by atoms with E-state index < -0.39 is 0 Å². The van der Waals surface area contributed by atoms with Gasteiger partial charge in [-0.25, -0.2) is 4.79 Å². The molecular formula is C31H42O3. The molecule has 6 atom stereocenters. The van der Waals surface area contributed by atoms with Gasteiger partial charge in [-0.1, -0.05) is 64.5 Å². The van der Waals surface area contributed by atoms with Gasteiger partial charge in [0.2, 0.25) is 0 Å². The van der Waals surface area contributed by atoms with E-state index in [1.165, 1.54) is 12.8 Å². The fourth-order valence-corrected chi connectivity index (χ4v) is 8.67. The maximum atomic E-state index is 12.9. The molecule has 0 spiro atoms. The number of hydrogen-bond donors (Lipinski definition) is 1. The van der Waals surface area contributed by atoms with Crippen molar-refractivity contribution >= 4 is 5.97 Å². The number of carbonyl (C=O) groups is 1. The molecular weight excluding hydrogens is 420 g/mol. The molecule has 184 valence electrons. The molecule has 4 aliphatic carbocycles. The van der Waals surface area contributed by atoms with Gasteiger partial charge < -0.3 is 9.84 Å². The zero-order valence-electron chi connectivity index (χ0n) is 21.7. The van der Waals surface area contributed by atoms with Crippen LogP contribution in [-0.2, 0) is 4.74 Å². The highest BCUT2D eigenvalue weighted by Gasteiger charge is 2.58. The van der Waals surface area contributed by atoms with E-state index in [9.17, 15) is 9.90 Å². The maximum Gasteiger partial charge on any atom is 0.338 e. The Bertz CT molecular complexity index is 1020. The van der Waals surface area contributed by atoms with Gasteiger partial charge in [-0.3, -0.25) is 0 Å². The van der Waals surface area contributed by atoms with Crippen LogP contribution in [0.2, 0.25) is 0 Å². The topological polar surface area (TPSA) is 46.5 Å². The Kier molecular flexibility index (Phi) is 5.87. The SMILES string of the molecule is C[C@H](CO)[C@H]1CC=C2C3=C(CC[C@@]21C)[C@@]1(C)CCC(OC(=O)c2ccccc2)C(C)(C)C1CC3. The van der Waals surface area contributed by atoms with Crippen LogP contribution >= 0.6 is 0 Å². The van der Waals surface area contributed by atoms with Gasteiger partial charge >= 0.3 is 5.97 Å². The highest BCUT2D eigenvalue weighted by atomic mass is 16.5. The Hall–Kier alpha value is -1.87. The van der Waals surface area contributed by atoms with Crippen LogP contribution in [0.15, 0.2) is 53.1 Å². The Morgan fingerprint density at radius 2 is 1.79 bits per heavy atom. The number of benzene rings is 1. The molecule has 0 saturated heterocycles. The Balaban J connectivity index is 1.41. The van der Waals surface area contributed by atoms with Crippen LogP contribution in [0.25, 0.3) is 0 Å². The zero-order valence-corrected chi connectivity index (χ0v) is 21.7. The molecule has 3 heteroatoms. The van der Waals surface area contributed by atoms with E-state index in [1.54, 1.807) is 16.7 Å². The van der Waals surface area contributed by atoms with Gasteiger partial charge in [-0.15, -0.1) is 0 Å². The van der Waals surface area contributed by atoms with Crippen molar-refractivity contribution in [1.82, 2.24) is 0 Å². The lowest BCUT2D eigenvalue weighted by Crippen LogP contribution is -2.54. The third-order valence-corrected chi connectivity index (χ3v) is 10.6. The van der Waals surface area contributed by atoms with Gasteiger partial charge in [-0.05, 0) is 96.8 Å². The van der Waals surface area contributed by atoms with Crippen molar-refractivity contribution in [3.8, 4) is 0 Å². The highest BCUT2D eigenvalue weighted by molar-refractivity contribution is 5.89. The van der Waals surface area contributed by atoms with Crippen LogP contribution in [0.3, 0.4) is 0 Å². The second kappa shape index (κ2) is 8.36. The fraction of sp³-hybridized carbons (Fsp3) is 0.645. The van der Waals surface area contributed by atoms with Crippen molar-refractivity contribution in [3.63, 3.8) is 0 Å². The molecule has 34 heavy (non-hydrogen) atoms. The first-order chi connectivity index (χ1) is 16.1. The standard InChI is InChI=1S/C31H42O3/c1-20(19-32)23-12-13-24-22-11-14-26-29(2,3)27(34-28(33)21-9-7-6-8-10-21)16-18-31(26,5)25(22)15-17-30(23,24)4/h6-10,13,20,23,26-27,32H,11-12,14-19H2,1-5H3/t20-,23-,26?,27?,30-,31-/m1/s1. The van der Waals surface area contributed by atoms with E-state index >= 15 is 0 Å². The third-order valence-electron chi connectivity index (χ3n) is 10.6. The Labute approximate surface area is 205 Å². The van der Waals surface area contributed by atoms with Gasteiger partial charge in [0, 0.05) is 12.0 Å². The van der Waals surface area contributed by atoms with Gasteiger partial charge in [0.15, 0.2) is 0 Å². The average molecular weight is 463 g/mol. The minimum Gasteiger partial charge on any atom is -0.458 e. The number of rotatable bonds is 4. The summed E-state index contributed by atoms with van der Waals surface area (Å²) in [6.07, 6.45) is 10.3. The van der Waals surface area contributed by atoms with Gasteiger partial charge in [0.25, 0.3) is 0 Å². The van der Waals surface area contributed by atoms with E-state index in [0.29, 0.717) is 23.3 Å². The summed E-state index contributed by atoms with van der Waals surface area (Å²) >= 11 is 0. The van der Waals surface area contributed by atoms with Crippen molar-refractivity contribution in [2.45, 2.75) is 85.7 Å². The highest BCUT2D eigenvalue weighted by Crippen LogP contribution is 2.66. The normalized spacial score (nSPS) is 37.2. The van der Waals surface area contributed by atoms with Crippen molar-refractivity contribution in [2.75, 3.05) is 6.61 Å².